The molecule has 0 saturated heterocycles. The number of nitrogens with zero attached hydrogens (tertiary/aromatic N) is 1. The van der Waals surface area contributed by atoms with E-state index in [1.807, 2.05) is 30.3 Å². The molecule has 0 amide bonds. The van der Waals surface area contributed by atoms with E-state index in [0.29, 0.717) is 17.9 Å². The standard InChI is InChI=1S/C15H12INO2/c1-18-15-6-5-11(7-12(15)9-17)10-19-14-4-2-3-13(16)8-14/h2-8H,10H2,1H3. The van der Waals surface area contributed by atoms with Gasteiger partial charge >= 0.3 is 0 Å². The second-order valence-corrected chi connectivity index (χ2v) is 5.14. The van der Waals surface area contributed by atoms with E-state index in [1.165, 1.54) is 0 Å². The molecule has 2 aromatic carbocycles. The predicted molar refractivity (Wildman–Crippen MR) is 81.2 cm³/mol. The zero-order valence-corrected chi connectivity index (χ0v) is 12.5. The van der Waals surface area contributed by atoms with Crippen molar-refractivity contribution in [3.63, 3.8) is 0 Å². The Balaban J connectivity index is 2.10. The first-order valence-corrected chi connectivity index (χ1v) is 6.76. The summed E-state index contributed by atoms with van der Waals surface area (Å²) < 4.78 is 11.9. The van der Waals surface area contributed by atoms with Gasteiger partial charge in [0.15, 0.2) is 0 Å². The van der Waals surface area contributed by atoms with Gasteiger partial charge in [-0.15, -0.1) is 0 Å². The number of ether oxygens (including phenoxy) is 2. The van der Waals surface area contributed by atoms with Crippen LogP contribution in [-0.4, -0.2) is 7.11 Å². The van der Waals surface area contributed by atoms with Crippen molar-refractivity contribution < 1.29 is 9.47 Å². The van der Waals surface area contributed by atoms with E-state index in [1.54, 1.807) is 19.2 Å². The van der Waals surface area contributed by atoms with E-state index in [0.717, 1.165) is 14.9 Å². The Kier molecular flexibility index (Phi) is 4.63. The fourth-order valence-electron chi connectivity index (χ4n) is 1.66. The molecule has 0 heterocycles. The van der Waals surface area contributed by atoms with Gasteiger partial charge in [-0.1, -0.05) is 12.1 Å². The third-order valence-electron chi connectivity index (χ3n) is 2.59. The van der Waals surface area contributed by atoms with Crippen LogP contribution in [0.2, 0.25) is 0 Å². The molecule has 0 aliphatic rings. The molecule has 0 aliphatic heterocycles. The van der Waals surface area contributed by atoms with Crippen molar-refractivity contribution >= 4 is 22.6 Å². The van der Waals surface area contributed by atoms with Crippen LogP contribution in [-0.2, 0) is 6.61 Å². The van der Waals surface area contributed by atoms with Crippen molar-refractivity contribution in [1.82, 2.24) is 0 Å². The molecule has 19 heavy (non-hydrogen) atoms. The van der Waals surface area contributed by atoms with Crippen LogP contribution in [0, 0.1) is 14.9 Å². The van der Waals surface area contributed by atoms with Crippen LogP contribution in [0.4, 0.5) is 0 Å². The molecule has 0 fully saturated rings. The molecule has 96 valence electrons. The largest absolute Gasteiger partial charge is 0.495 e. The molecule has 0 unspecified atom stereocenters. The van der Waals surface area contributed by atoms with Crippen LogP contribution in [0.25, 0.3) is 0 Å². The highest BCUT2D eigenvalue weighted by Gasteiger charge is 2.04. The summed E-state index contributed by atoms with van der Waals surface area (Å²) in [6.07, 6.45) is 0. The molecule has 0 bridgehead atoms. The predicted octanol–water partition coefficient (Wildman–Crippen LogP) is 3.75. The van der Waals surface area contributed by atoms with Crippen LogP contribution < -0.4 is 9.47 Å². The molecule has 0 radical (unpaired) electrons. The van der Waals surface area contributed by atoms with Gasteiger partial charge in [-0.25, -0.2) is 0 Å². The summed E-state index contributed by atoms with van der Waals surface area (Å²) >= 11 is 2.24. The highest BCUT2D eigenvalue weighted by molar-refractivity contribution is 14.1. The topological polar surface area (TPSA) is 42.2 Å². The van der Waals surface area contributed by atoms with Gasteiger partial charge in [-0.3, -0.25) is 0 Å². The molecular weight excluding hydrogens is 353 g/mol. The zero-order chi connectivity index (χ0) is 13.7. The van der Waals surface area contributed by atoms with E-state index in [9.17, 15) is 0 Å². The van der Waals surface area contributed by atoms with E-state index in [2.05, 4.69) is 28.7 Å². The van der Waals surface area contributed by atoms with Gasteiger partial charge in [-0.2, -0.15) is 5.26 Å². The van der Waals surface area contributed by atoms with Gasteiger partial charge < -0.3 is 9.47 Å². The molecule has 4 heteroatoms. The Morgan fingerprint density at radius 3 is 2.74 bits per heavy atom. The Labute approximate surface area is 125 Å². The maximum Gasteiger partial charge on any atom is 0.136 e. The molecule has 0 aliphatic carbocycles. The van der Waals surface area contributed by atoms with Crippen molar-refractivity contribution in [2.75, 3.05) is 7.11 Å². The van der Waals surface area contributed by atoms with Crippen molar-refractivity contribution in [3.8, 4) is 17.6 Å². The lowest BCUT2D eigenvalue weighted by Gasteiger charge is -2.08. The van der Waals surface area contributed by atoms with Gasteiger partial charge in [0.2, 0.25) is 0 Å². The van der Waals surface area contributed by atoms with Crippen molar-refractivity contribution in [3.05, 3.63) is 57.2 Å². The van der Waals surface area contributed by atoms with Crippen molar-refractivity contribution in [2.45, 2.75) is 6.61 Å². The second kappa shape index (κ2) is 6.43. The summed E-state index contributed by atoms with van der Waals surface area (Å²) in [5.41, 5.74) is 1.46. The summed E-state index contributed by atoms with van der Waals surface area (Å²) in [6, 6.07) is 15.4. The first kappa shape index (κ1) is 13.7. The minimum Gasteiger partial charge on any atom is -0.495 e. The molecule has 0 N–H and O–H groups in total. The summed E-state index contributed by atoms with van der Waals surface area (Å²) in [5, 5.41) is 9.02. The quantitative estimate of drug-likeness (QED) is 0.775. The molecule has 2 rings (SSSR count). The number of benzene rings is 2. The maximum absolute atomic E-state index is 9.02. The van der Waals surface area contributed by atoms with Crippen LogP contribution >= 0.6 is 22.6 Å². The smallest absolute Gasteiger partial charge is 0.136 e. The third kappa shape index (κ3) is 3.61. The summed E-state index contributed by atoms with van der Waals surface area (Å²) in [5.74, 6) is 1.40. The number of hydrogen-bond donors (Lipinski definition) is 0. The fourth-order valence-corrected chi connectivity index (χ4v) is 2.17. The van der Waals surface area contributed by atoms with Crippen LogP contribution in [0.3, 0.4) is 0 Å². The first-order chi connectivity index (χ1) is 9.22. The maximum atomic E-state index is 9.02. The summed E-state index contributed by atoms with van der Waals surface area (Å²) in [4.78, 5) is 0. The summed E-state index contributed by atoms with van der Waals surface area (Å²) in [7, 11) is 1.55. The number of nitriles is 1. The van der Waals surface area contributed by atoms with Gasteiger partial charge in [-0.05, 0) is 58.5 Å². The van der Waals surface area contributed by atoms with E-state index in [-0.39, 0.29) is 0 Å². The lowest BCUT2D eigenvalue weighted by atomic mass is 10.1. The number of hydrogen-bond acceptors (Lipinski definition) is 3. The third-order valence-corrected chi connectivity index (χ3v) is 3.26. The number of rotatable bonds is 4. The highest BCUT2D eigenvalue weighted by Crippen LogP contribution is 2.21. The minimum atomic E-state index is 0.429. The molecule has 0 aromatic heterocycles. The first-order valence-electron chi connectivity index (χ1n) is 5.68. The average molecular weight is 365 g/mol. The van der Waals surface area contributed by atoms with Gasteiger partial charge in [0.25, 0.3) is 0 Å². The zero-order valence-electron chi connectivity index (χ0n) is 10.4. The SMILES string of the molecule is COc1ccc(COc2cccc(I)c2)cc1C#N. The Morgan fingerprint density at radius 2 is 2.05 bits per heavy atom. The van der Waals surface area contributed by atoms with Crippen LogP contribution in [0.15, 0.2) is 42.5 Å². The van der Waals surface area contributed by atoms with E-state index in [4.69, 9.17) is 14.7 Å². The fraction of sp³-hybridized carbons (Fsp3) is 0.133. The Morgan fingerprint density at radius 1 is 1.21 bits per heavy atom. The highest BCUT2D eigenvalue weighted by atomic mass is 127. The molecule has 2 aromatic rings. The lowest BCUT2D eigenvalue weighted by Crippen LogP contribution is -1.97. The second-order valence-electron chi connectivity index (χ2n) is 3.89. The van der Waals surface area contributed by atoms with Crippen LogP contribution in [0.5, 0.6) is 11.5 Å². The molecule has 0 saturated carbocycles. The summed E-state index contributed by atoms with van der Waals surface area (Å²) in [6.45, 7) is 0.429. The van der Waals surface area contributed by atoms with E-state index < -0.39 is 0 Å². The molecule has 0 atom stereocenters. The minimum absolute atomic E-state index is 0.429. The van der Waals surface area contributed by atoms with Gasteiger partial charge in [0.1, 0.15) is 24.2 Å². The van der Waals surface area contributed by atoms with Crippen LogP contribution in [0.1, 0.15) is 11.1 Å². The average Bonchev–Trinajstić information content (AvgIpc) is 2.45. The Hall–Kier alpha value is -1.74. The molecule has 0 spiro atoms. The molecule has 3 nitrogen and oxygen atoms in total. The lowest BCUT2D eigenvalue weighted by molar-refractivity contribution is 0.305. The number of methoxy groups -OCH3 is 1. The van der Waals surface area contributed by atoms with Crippen molar-refractivity contribution in [2.24, 2.45) is 0 Å². The normalized spacial score (nSPS) is 9.74. The number of halogens is 1. The van der Waals surface area contributed by atoms with Gasteiger partial charge in [0.05, 0.1) is 12.7 Å². The van der Waals surface area contributed by atoms with Gasteiger partial charge in [0, 0.05) is 3.57 Å². The Bertz CT molecular complexity index is 620. The van der Waals surface area contributed by atoms with E-state index >= 15 is 0 Å². The monoisotopic (exact) mass is 365 g/mol. The molecular formula is C15H12INO2. The van der Waals surface area contributed by atoms with Crippen molar-refractivity contribution in [1.29, 1.82) is 5.26 Å².